The summed E-state index contributed by atoms with van der Waals surface area (Å²) < 4.78 is 0. The van der Waals surface area contributed by atoms with Crippen molar-refractivity contribution < 1.29 is 4.79 Å². The number of carbonyl (C=O) groups is 1. The first-order valence-electron chi connectivity index (χ1n) is 6.94. The van der Waals surface area contributed by atoms with Gasteiger partial charge in [-0.05, 0) is 42.8 Å². The lowest BCUT2D eigenvalue weighted by atomic mass is 10.1. The van der Waals surface area contributed by atoms with Crippen LogP contribution >= 0.6 is 0 Å². The van der Waals surface area contributed by atoms with E-state index in [-0.39, 0.29) is 0 Å². The van der Waals surface area contributed by atoms with Gasteiger partial charge >= 0.3 is 0 Å². The Morgan fingerprint density at radius 2 is 1.96 bits per heavy atom. The SMILES string of the molecule is C#Cc1cc(C#N)cc(C=O)c1.C=C(C)c1cccc(NC)c1. The fourth-order valence-corrected chi connectivity index (χ4v) is 1.81. The van der Waals surface area contributed by atoms with Crippen LogP contribution in [0.1, 0.15) is 34.0 Å². The highest BCUT2D eigenvalue weighted by atomic mass is 16.1. The largest absolute Gasteiger partial charge is 0.388 e. The number of benzene rings is 2. The van der Waals surface area contributed by atoms with E-state index >= 15 is 0 Å². The van der Waals surface area contributed by atoms with E-state index < -0.39 is 0 Å². The summed E-state index contributed by atoms with van der Waals surface area (Å²) in [4.78, 5) is 10.4. The fourth-order valence-electron chi connectivity index (χ4n) is 1.81. The Bertz CT molecular complexity index is 760. The monoisotopic (exact) mass is 302 g/mol. The van der Waals surface area contributed by atoms with Crippen molar-refractivity contribution in [2.45, 2.75) is 6.92 Å². The molecule has 0 heterocycles. The average molecular weight is 302 g/mol. The molecule has 0 atom stereocenters. The van der Waals surface area contributed by atoms with Gasteiger partial charge in [0.2, 0.25) is 0 Å². The van der Waals surface area contributed by atoms with Gasteiger partial charge < -0.3 is 5.32 Å². The molecule has 114 valence electrons. The molecule has 0 saturated heterocycles. The van der Waals surface area contributed by atoms with Crippen LogP contribution in [0, 0.1) is 23.7 Å². The zero-order valence-electron chi connectivity index (χ0n) is 13.3. The van der Waals surface area contributed by atoms with Crippen molar-refractivity contribution in [1.82, 2.24) is 0 Å². The number of hydrogen-bond donors (Lipinski definition) is 1. The molecule has 1 N–H and O–H groups in total. The van der Waals surface area contributed by atoms with Gasteiger partial charge in [0.1, 0.15) is 6.29 Å². The average Bonchev–Trinajstić information content (AvgIpc) is 2.61. The summed E-state index contributed by atoms with van der Waals surface area (Å²) in [5.74, 6) is 2.37. The standard InChI is InChI=1S/C10H5NO.C10H13N/c1-2-8-3-9(6-11)5-10(4-8)7-12;1-8(2)9-5-4-6-10(7-9)11-3/h1,3-5,7H;4-7,11H,1H2,2-3H3. The first-order valence-corrected chi connectivity index (χ1v) is 6.94. The number of rotatable bonds is 3. The Kier molecular flexibility index (Phi) is 6.85. The number of allylic oxidation sites excluding steroid dienone is 1. The molecule has 0 saturated carbocycles. The lowest BCUT2D eigenvalue weighted by Crippen LogP contribution is -1.88. The van der Waals surface area contributed by atoms with Crippen LogP contribution in [0.5, 0.6) is 0 Å². The third-order valence-electron chi connectivity index (χ3n) is 3.03. The number of aldehydes is 1. The molecule has 3 nitrogen and oxygen atoms in total. The summed E-state index contributed by atoms with van der Waals surface area (Å²) in [6.45, 7) is 5.88. The third kappa shape index (κ3) is 5.53. The number of nitrogens with zero attached hydrogens (tertiary/aromatic N) is 1. The maximum Gasteiger partial charge on any atom is 0.150 e. The lowest BCUT2D eigenvalue weighted by molar-refractivity contribution is 0.112. The summed E-state index contributed by atoms with van der Waals surface area (Å²) in [7, 11) is 1.91. The molecule has 2 aromatic rings. The minimum absolute atomic E-state index is 0.410. The van der Waals surface area contributed by atoms with Crippen LogP contribution in [0.2, 0.25) is 0 Å². The molecule has 0 radical (unpaired) electrons. The zero-order valence-corrected chi connectivity index (χ0v) is 13.3. The van der Waals surface area contributed by atoms with Crippen molar-refractivity contribution in [3.8, 4) is 18.4 Å². The van der Waals surface area contributed by atoms with E-state index in [9.17, 15) is 4.79 Å². The summed E-state index contributed by atoms with van der Waals surface area (Å²) in [6.07, 6.45) is 5.79. The van der Waals surface area contributed by atoms with Gasteiger partial charge in [0, 0.05) is 23.9 Å². The second kappa shape index (κ2) is 8.87. The lowest BCUT2D eigenvalue weighted by Gasteiger charge is -2.02. The predicted octanol–water partition coefficient (Wildman–Crippen LogP) is 4.11. The first kappa shape index (κ1) is 17.8. The van der Waals surface area contributed by atoms with Crippen molar-refractivity contribution in [2.75, 3.05) is 12.4 Å². The predicted molar refractivity (Wildman–Crippen MR) is 95.2 cm³/mol. The van der Waals surface area contributed by atoms with Crippen LogP contribution in [-0.2, 0) is 0 Å². The van der Waals surface area contributed by atoms with Crippen LogP contribution in [-0.4, -0.2) is 13.3 Å². The Morgan fingerprint density at radius 3 is 2.48 bits per heavy atom. The second-order valence-corrected chi connectivity index (χ2v) is 4.83. The van der Waals surface area contributed by atoms with Crippen LogP contribution in [0.3, 0.4) is 0 Å². The first-order chi connectivity index (χ1) is 11.0. The van der Waals surface area contributed by atoms with Gasteiger partial charge in [-0.15, -0.1) is 6.42 Å². The highest BCUT2D eigenvalue weighted by molar-refractivity contribution is 5.76. The maximum absolute atomic E-state index is 10.4. The van der Waals surface area contributed by atoms with E-state index in [0.29, 0.717) is 23.0 Å². The van der Waals surface area contributed by atoms with E-state index in [1.54, 1.807) is 12.1 Å². The molecule has 2 rings (SSSR count). The summed E-state index contributed by atoms with van der Waals surface area (Å²) in [5.41, 5.74) is 4.81. The van der Waals surface area contributed by atoms with Crippen LogP contribution in [0.25, 0.3) is 5.57 Å². The Hall–Kier alpha value is -3.30. The molecule has 23 heavy (non-hydrogen) atoms. The molecule has 0 unspecified atom stereocenters. The molecular weight excluding hydrogens is 284 g/mol. The number of hydrogen-bond acceptors (Lipinski definition) is 3. The minimum Gasteiger partial charge on any atom is -0.388 e. The molecule has 3 heteroatoms. The van der Waals surface area contributed by atoms with Crippen LogP contribution in [0.15, 0.2) is 49.0 Å². The molecule has 2 aromatic carbocycles. The van der Waals surface area contributed by atoms with Gasteiger partial charge in [-0.25, -0.2) is 0 Å². The topological polar surface area (TPSA) is 52.9 Å². The van der Waals surface area contributed by atoms with E-state index in [0.717, 1.165) is 11.3 Å². The molecule has 0 aliphatic carbocycles. The zero-order chi connectivity index (χ0) is 17.2. The van der Waals surface area contributed by atoms with Crippen molar-refractivity contribution in [3.05, 3.63) is 71.3 Å². The quantitative estimate of drug-likeness (QED) is 0.685. The molecule has 0 fully saturated rings. The highest BCUT2D eigenvalue weighted by Gasteiger charge is 1.97. The molecule has 0 amide bonds. The van der Waals surface area contributed by atoms with Gasteiger partial charge in [-0.2, -0.15) is 5.26 Å². The number of carbonyl (C=O) groups excluding carboxylic acids is 1. The van der Waals surface area contributed by atoms with Gasteiger partial charge in [-0.1, -0.05) is 30.2 Å². The maximum atomic E-state index is 10.4. The minimum atomic E-state index is 0.410. The highest BCUT2D eigenvalue weighted by Crippen LogP contribution is 2.15. The molecule has 0 aromatic heterocycles. The summed E-state index contributed by atoms with van der Waals surface area (Å²) >= 11 is 0. The van der Waals surface area contributed by atoms with Gasteiger partial charge in [0.15, 0.2) is 0 Å². The van der Waals surface area contributed by atoms with Gasteiger partial charge in [0.05, 0.1) is 11.6 Å². The molecule has 0 bridgehead atoms. The van der Waals surface area contributed by atoms with E-state index in [4.69, 9.17) is 11.7 Å². The normalized spacial score (nSPS) is 8.70. The third-order valence-corrected chi connectivity index (χ3v) is 3.03. The van der Waals surface area contributed by atoms with Gasteiger partial charge in [-0.3, -0.25) is 4.79 Å². The fraction of sp³-hybridized carbons (Fsp3) is 0.100. The van der Waals surface area contributed by atoms with E-state index in [2.05, 4.69) is 29.9 Å². The number of nitriles is 1. The summed E-state index contributed by atoms with van der Waals surface area (Å²) in [6, 6.07) is 14.7. The van der Waals surface area contributed by atoms with Crippen molar-refractivity contribution in [3.63, 3.8) is 0 Å². The Labute approximate surface area is 137 Å². The number of anilines is 1. The summed E-state index contributed by atoms with van der Waals surface area (Å²) in [5, 5.41) is 11.6. The Balaban J connectivity index is 0.000000231. The Morgan fingerprint density at radius 1 is 1.26 bits per heavy atom. The molecular formula is C20H18N2O. The van der Waals surface area contributed by atoms with Crippen molar-refractivity contribution >= 4 is 17.5 Å². The smallest absolute Gasteiger partial charge is 0.150 e. The van der Waals surface area contributed by atoms with E-state index in [1.807, 2.05) is 32.2 Å². The van der Waals surface area contributed by atoms with Crippen molar-refractivity contribution in [2.24, 2.45) is 0 Å². The molecule has 0 aliphatic heterocycles. The van der Waals surface area contributed by atoms with Gasteiger partial charge in [0.25, 0.3) is 0 Å². The molecule has 0 aliphatic rings. The second-order valence-electron chi connectivity index (χ2n) is 4.83. The van der Waals surface area contributed by atoms with E-state index in [1.165, 1.54) is 11.6 Å². The van der Waals surface area contributed by atoms with Crippen molar-refractivity contribution in [1.29, 1.82) is 5.26 Å². The van der Waals surface area contributed by atoms with Crippen LogP contribution < -0.4 is 5.32 Å². The van der Waals surface area contributed by atoms with Crippen LogP contribution in [0.4, 0.5) is 5.69 Å². The number of nitrogens with one attached hydrogen (secondary N) is 1. The number of terminal acetylenes is 1. The molecule has 0 spiro atoms.